The summed E-state index contributed by atoms with van der Waals surface area (Å²) in [6, 6.07) is 5.51. The number of halogens is 1. The van der Waals surface area contributed by atoms with E-state index in [2.05, 4.69) is 0 Å². The number of alkyl halides is 1. The van der Waals surface area contributed by atoms with Gasteiger partial charge in [0, 0.05) is 6.54 Å². The Bertz CT molecular complexity index is 632. The number of ether oxygens (including phenoxy) is 1. The first-order valence-electron chi connectivity index (χ1n) is 7.46. The van der Waals surface area contributed by atoms with Gasteiger partial charge in [-0.25, -0.2) is 18.3 Å². The summed E-state index contributed by atoms with van der Waals surface area (Å²) in [6.45, 7) is 4.49. The van der Waals surface area contributed by atoms with Crippen molar-refractivity contribution in [2.45, 2.75) is 31.8 Å². The normalized spacial score (nSPS) is 13.1. The molecule has 136 valence electrons. The maximum Gasteiger partial charge on any atom is 0.258 e. The van der Waals surface area contributed by atoms with E-state index in [9.17, 15) is 17.6 Å². The molecular formula is C15H23FN2O5S. The van der Waals surface area contributed by atoms with Gasteiger partial charge >= 0.3 is 0 Å². The second-order valence-corrected chi connectivity index (χ2v) is 7.73. The van der Waals surface area contributed by atoms with E-state index in [0.717, 1.165) is 4.31 Å². The van der Waals surface area contributed by atoms with Crippen LogP contribution in [0.15, 0.2) is 29.2 Å². The van der Waals surface area contributed by atoms with E-state index < -0.39 is 28.6 Å². The predicted molar refractivity (Wildman–Crippen MR) is 86.0 cm³/mol. The Labute approximate surface area is 141 Å². The topological polar surface area (TPSA) is 95.9 Å². The lowest BCUT2D eigenvalue weighted by Gasteiger charge is -2.23. The van der Waals surface area contributed by atoms with Gasteiger partial charge in [-0.1, -0.05) is 13.8 Å². The van der Waals surface area contributed by atoms with Gasteiger partial charge in [0.15, 0.2) is 0 Å². The van der Waals surface area contributed by atoms with E-state index in [0.29, 0.717) is 5.75 Å². The Hall–Kier alpha value is -1.71. The fraction of sp³-hybridized carbons (Fsp3) is 0.533. The molecule has 1 unspecified atom stereocenters. The highest BCUT2D eigenvalue weighted by Gasteiger charge is 2.27. The third kappa shape index (κ3) is 6.06. The number of hydrogen-bond donors (Lipinski definition) is 2. The number of carbonyl (C=O) groups excluding carboxylic acids is 1. The van der Waals surface area contributed by atoms with Gasteiger partial charge in [-0.15, -0.1) is 0 Å². The van der Waals surface area contributed by atoms with Crippen LogP contribution in [0.3, 0.4) is 0 Å². The molecule has 0 radical (unpaired) electrons. The molecule has 1 rings (SSSR count). The predicted octanol–water partition coefficient (Wildman–Crippen LogP) is 1.58. The SMILES string of the molecule is CC(C)CN(CC(=O)NO)S(=O)(=O)c1ccc(OCC(C)F)cc1. The summed E-state index contributed by atoms with van der Waals surface area (Å²) in [5, 5.41) is 8.63. The third-order valence-electron chi connectivity index (χ3n) is 2.95. The lowest BCUT2D eigenvalue weighted by Crippen LogP contribution is -2.41. The molecule has 1 amide bonds. The first kappa shape index (κ1) is 20.3. The van der Waals surface area contributed by atoms with Crippen LogP contribution >= 0.6 is 0 Å². The van der Waals surface area contributed by atoms with Crippen LogP contribution < -0.4 is 10.2 Å². The van der Waals surface area contributed by atoms with Gasteiger partial charge in [0.1, 0.15) is 18.5 Å². The van der Waals surface area contributed by atoms with Gasteiger partial charge in [0.05, 0.1) is 11.4 Å². The molecule has 0 heterocycles. The lowest BCUT2D eigenvalue weighted by molar-refractivity contribution is -0.129. The molecule has 0 fully saturated rings. The summed E-state index contributed by atoms with van der Waals surface area (Å²) in [5.74, 6) is -0.488. The lowest BCUT2D eigenvalue weighted by atomic mass is 10.2. The van der Waals surface area contributed by atoms with Gasteiger partial charge < -0.3 is 4.74 Å². The molecule has 0 spiro atoms. The molecule has 7 nitrogen and oxygen atoms in total. The van der Waals surface area contributed by atoms with Gasteiger partial charge in [0.2, 0.25) is 10.0 Å². The van der Waals surface area contributed by atoms with Crippen LogP contribution in [-0.4, -0.2) is 49.7 Å². The first-order valence-corrected chi connectivity index (χ1v) is 8.90. The van der Waals surface area contributed by atoms with Crippen LogP contribution in [-0.2, 0) is 14.8 Å². The third-order valence-corrected chi connectivity index (χ3v) is 4.78. The Balaban J connectivity index is 2.98. The molecule has 0 saturated carbocycles. The van der Waals surface area contributed by atoms with Crippen LogP contribution in [0.2, 0.25) is 0 Å². The zero-order chi connectivity index (χ0) is 18.3. The van der Waals surface area contributed by atoms with Crippen LogP contribution in [0.4, 0.5) is 4.39 Å². The number of benzene rings is 1. The number of rotatable bonds is 9. The zero-order valence-corrected chi connectivity index (χ0v) is 14.7. The van der Waals surface area contributed by atoms with Crippen molar-refractivity contribution in [3.05, 3.63) is 24.3 Å². The number of hydrogen-bond acceptors (Lipinski definition) is 5. The molecule has 9 heteroatoms. The molecule has 0 aliphatic rings. The van der Waals surface area contributed by atoms with Crippen molar-refractivity contribution >= 4 is 15.9 Å². The van der Waals surface area contributed by atoms with E-state index in [1.807, 2.05) is 13.8 Å². The molecule has 0 aliphatic heterocycles. The fourth-order valence-electron chi connectivity index (χ4n) is 1.92. The first-order chi connectivity index (χ1) is 11.2. The smallest absolute Gasteiger partial charge is 0.258 e. The minimum absolute atomic E-state index is 0.0140. The number of hydroxylamine groups is 1. The second kappa shape index (κ2) is 8.95. The average molecular weight is 362 g/mol. The summed E-state index contributed by atoms with van der Waals surface area (Å²) in [6.07, 6.45) is -1.13. The average Bonchev–Trinajstić information content (AvgIpc) is 2.52. The minimum atomic E-state index is -3.92. The Morgan fingerprint density at radius 2 is 1.88 bits per heavy atom. The van der Waals surface area contributed by atoms with Crippen molar-refractivity contribution in [3.8, 4) is 5.75 Å². The Morgan fingerprint density at radius 1 is 1.29 bits per heavy atom. The van der Waals surface area contributed by atoms with Gasteiger partial charge in [-0.3, -0.25) is 10.0 Å². The molecule has 0 aliphatic carbocycles. The quantitative estimate of drug-likeness (QED) is 0.514. The highest BCUT2D eigenvalue weighted by molar-refractivity contribution is 7.89. The van der Waals surface area contributed by atoms with Crippen LogP contribution in [0, 0.1) is 5.92 Å². The molecular weight excluding hydrogens is 339 g/mol. The molecule has 1 atom stereocenters. The molecule has 0 aromatic heterocycles. The van der Waals surface area contributed by atoms with Crippen LogP contribution in [0.25, 0.3) is 0 Å². The Kier molecular flexibility index (Phi) is 7.59. The number of amides is 1. The van der Waals surface area contributed by atoms with Crippen molar-refractivity contribution in [3.63, 3.8) is 0 Å². The number of sulfonamides is 1. The van der Waals surface area contributed by atoms with Crippen molar-refractivity contribution in [2.75, 3.05) is 19.7 Å². The standard InChI is InChI=1S/C15H23FN2O5S/c1-11(2)8-18(9-15(19)17-20)24(21,22)14-6-4-13(5-7-14)23-10-12(3)16/h4-7,11-12,20H,8-10H2,1-3H3,(H,17,19). The zero-order valence-electron chi connectivity index (χ0n) is 13.9. The monoisotopic (exact) mass is 362 g/mol. The van der Waals surface area contributed by atoms with Crippen molar-refractivity contribution < 1.29 is 27.5 Å². The number of nitrogens with one attached hydrogen (secondary N) is 1. The van der Waals surface area contributed by atoms with Crippen molar-refractivity contribution in [2.24, 2.45) is 5.92 Å². The molecule has 0 saturated heterocycles. The molecule has 2 N–H and O–H groups in total. The maximum atomic E-state index is 12.8. The van der Waals surface area contributed by atoms with Gasteiger partial charge in [-0.2, -0.15) is 4.31 Å². The van der Waals surface area contributed by atoms with E-state index >= 15 is 0 Å². The summed E-state index contributed by atoms with van der Waals surface area (Å²) >= 11 is 0. The largest absolute Gasteiger partial charge is 0.491 e. The van der Waals surface area contributed by atoms with Gasteiger partial charge in [-0.05, 0) is 37.1 Å². The van der Waals surface area contributed by atoms with Crippen LogP contribution in [0.5, 0.6) is 5.75 Å². The highest BCUT2D eigenvalue weighted by atomic mass is 32.2. The number of carbonyl (C=O) groups is 1. The summed E-state index contributed by atoms with van der Waals surface area (Å²) in [5.41, 5.74) is 1.43. The fourth-order valence-corrected chi connectivity index (χ4v) is 3.48. The highest BCUT2D eigenvalue weighted by Crippen LogP contribution is 2.20. The summed E-state index contributed by atoms with van der Waals surface area (Å²) in [4.78, 5) is 11.3. The van der Waals surface area contributed by atoms with E-state index in [4.69, 9.17) is 9.94 Å². The maximum absolute atomic E-state index is 12.8. The Morgan fingerprint density at radius 3 is 2.33 bits per heavy atom. The van der Waals surface area contributed by atoms with Gasteiger partial charge in [0.25, 0.3) is 5.91 Å². The molecule has 0 bridgehead atoms. The van der Waals surface area contributed by atoms with Crippen molar-refractivity contribution in [1.82, 2.24) is 9.79 Å². The van der Waals surface area contributed by atoms with Crippen LogP contribution in [0.1, 0.15) is 20.8 Å². The molecule has 1 aromatic carbocycles. The van der Waals surface area contributed by atoms with Crippen molar-refractivity contribution in [1.29, 1.82) is 0 Å². The molecule has 24 heavy (non-hydrogen) atoms. The molecule has 1 aromatic rings. The van der Waals surface area contributed by atoms with E-state index in [1.165, 1.54) is 36.7 Å². The summed E-state index contributed by atoms with van der Waals surface area (Å²) in [7, 11) is -3.92. The number of nitrogens with zero attached hydrogens (tertiary/aromatic N) is 1. The summed E-state index contributed by atoms with van der Waals surface area (Å²) < 4.78 is 44.2. The van der Waals surface area contributed by atoms with E-state index in [-0.39, 0.29) is 24.0 Å². The van der Waals surface area contributed by atoms with E-state index in [1.54, 1.807) is 0 Å². The second-order valence-electron chi connectivity index (χ2n) is 5.79. The minimum Gasteiger partial charge on any atom is -0.491 e.